The summed E-state index contributed by atoms with van der Waals surface area (Å²) in [5, 5.41) is 5.80. The van der Waals surface area contributed by atoms with E-state index < -0.39 is 6.43 Å². The highest BCUT2D eigenvalue weighted by atomic mass is 35.5. The zero-order valence-electron chi connectivity index (χ0n) is 13.1. The first kappa shape index (κ1) is 18.6. The van der Waals surface area contributed by atoms with Gasteiger partial charge in [0.25, 0.3) is 12.3 Å². The fourth-order valence-corrected chi connectivity index (χ4v) is 2.82. The molecule has 1 aromatic rings. The number of alkyl halides is 2. The topological polar surface area (TPSA) is 61.4 Å². The van der Waals surface area contributed by atoms with Gasteiger partial charge >= 0.3 is 0 Å². The van der Waals surface area contributed by atoms with Gasteiger partial charge in [-0.05, 0) is 31.0 Å². The molecule has 2 amide bonds. The van der Waals surface area contributed by atoms with E-state index in [-0.39, 0.29) is 30.9 Å². The van der Waals surface area contributed by atoms with Crippen molar-refractivity contribution in [2.75, 3.05) is 26.2 Å². The van der Waals surface area contributed by atoms with Crippen LogP contribution in [0.5, 0.6) is 0 Å². The minimum atomic E-state index is -2.34. The van der Waals surface area contributed by atoms with E-state index in [1.165, 1.54) is 6.07 Å². The van der Waals surface area contributed by atoms with E-state index in [0.717, 1.165) is 0 Å². The van der Waals surface area contributed by atoms with Gasteiger partial charge in [-0.15, -0.1) is 0 Å². The first-order valence-electron chi connectivity index (χ1n) is 7.77. The minimum Gasteiger partial charge on any atom is -0.352 e. The number of amides is 2. The Morgan fingerprint density at radius 3 is 2.62 bits per heavy atom. The smallest absolute Gasteiger partial charge is 0.251 e. The molecule has 132 valence electrons. The number of hydrogen-bond donors (Lipinski definition) is 2. The number of likely N-dealkylation sites (tertiary alicyclic amines) is 1. The van der Waals surface area contributed by atoms with Crippen molar-refractivity contribution in [3.63, 3.8) is 0 Å². The number of carbonyl (C=O) groups is 2. The lowest BCUT2D eigenvalue weighted by molar-refractivity contribution is -0.121. The number of rotatable bonds is 6. The molecule has 0 atom stereocenters. The third-order valence-electron chi connectivity index (χ3n) is 3.85. The molecule has 1 fully saturated rings. The molecule has 2 rings (SSSR count). The van der Waals surface area contributed by atoms with Gasteiger partial charge in [0.15, 0.2) is 0 Å². The molecule has 2 N–H and O–H groups in total. The van der Waals surface area contributed by atoms with Gasteiger partial charge in [0.05, 0.1) is 13.1 Å². The molecule has 1 heterocycles. The van der Waals surface area contributed by atoms with Gasteiger partial charge in [0.1, 0.15) is 0 Å². The van der Waals surface area contributed by atoms with Crippen molar-refractivity contribution in [3.05, 3.63) is 34.9 Å². The maximum atomic E-state index is 12.3. The summed E-state index contributed by atoms with van der Waals surface area (Å²) in [6, 6.07) is 6.40. The molecule has 0 aliphatic carbocycles. The number of halogens is 3. The lowest BCUT2D eigenvalue weighted by atomic mass is 10.1. The number of benzene rings is 1. The zero-order chi connectivity index (χ0) is 17.5. The molecule has 0 radical (unpaired) electrons. The van der Waals surface area contributed by atoms with Crippen LogP contribution >= 0.6 is 11.6 Å². The van der Waals surface area contributed by atoms with Crippen LogP contribution in [-0.4, -0.2) is 55.4 Å². The third kappa shape index (κ3) is 6.05. The molecule has 8 heteroatoms. The van der Waals surface area contributed by atoms with Crippen LogP contribution < -0.4 is 10.6 Å². The summed E-state index contributed by atoms with van der Waals surface area (Å²) in [5.41, 5.74) is 0.385. The summed E-state index contributed by atoms with van der Waals surface area (Å²) in [5.74, 6) is -0.669. The summed E-state index contributed by atoms with van der Waals surface area (Å²) >= 11 is 5.81. The predicted octanol–water partition coefficient (Wildman–Crippen LogP) is 1.92. The van der Waals surface area contributed by atoms with Gasteiger partial charge in [-0.1, -0.05) is 17.7 Å². The molecule has 0 bridgehead atoms. The van der Waals surface area contributed by atoms with Crippen molar-refractivity contribution in [3.8, 4) is 0 Å². The van der Waals surface area contributed by atoms with Crippen LogP contribution in [0.3, 0.4) is 0 Å². The van der Waals surface area contributed by atoms with Gasteiger partial charge in [0.2, 0.25) is 5.91 Å². The molecular weight excluding hydrogens is 340 g/mol. The Hall–Kier alpha value is -1.73. The fraction of sp³-hybridized carbons (Fsp3) is 0.500. The highest BCUT2D eigenvalue weighted by Gasteiger charge is 2.22. The van der Waals surface area contributed by atoms with Crippen molar-refractivity contribution in [2.24, 2.45) is 0 Å². The molecule has 24 heavy (non-hydrogen) atoms. The number of nitrogens with one attached hydrogen (secondary N) is 2. The van der Waals surface area contributed by atoms with Crippen LogP contribution in [0.4, 0.5) is 8.78 Å². The van der Waals surface area contributed by atoms with Gasteiger partial charge in [-0.25, -0.2) is 8.78 Å². The van der Waals surface area contributed by atoms with Gasteiger partial charge in [-0.3, -0.25) is 14.5 Å². The van der Waals surface area contributed by atoms with E-state index in [1.54, 1.807) is 23.1 Å². The van der Waals surface area contributed by atoms with Crippen molar-refractivity contribution in [2.45, 2.75) is 25.3 Å². The Labute approximate surface area is 144 Å². The average molecular weight is 360 g/mol. The average Bonchev–Trinajstić information content (AvgIpc) is 2.54. The maximum absolute atomic E-state index is 12.3. The SMILES string of the molecule is O=C(CNC(=O)c1cccc(Cl)c1)NC1CCN(CC(F)F)CC1. The molecule has 0 unspecified atom stereocenters. The van der Waals surface area contributed by atoms with Crippen LogP contribution in [-0.2, 0) is 4.79 Å². The molecular formula is C16H20ClF2N3O2. The van der Waals surface area contributed by atoms with Gasteiger partial charge in [0, 0.05) is 29.7 Å². The van der Waals surface area contributed by atoms with E-state index >= 15 is 0 Å². The minimum absolute atomic E-state index is 0.0468. The second kappa shape index (κ2) is 8.94. The molecule has 5 nitrogen and oxygen atoms in total. The summed E-state index contributed by atoms with van der Waals surface area (Å²) < 4.78 is 24.6. The lowest BCUT2D eigenvalue weighted by Crippen LogP contribution is -2.48. The lowest BCUT2D eigenvalue weighted by Gasteiger charge is -2.32. The van der Waals surface area contributed by atoms with Gasteiger partial charge < -0.3 is 10.6 Å². The largest absolute Gasteiger partial charge is 0.352 e. The van der Waals surface area contributed by atoms with E-state index in [2.05, 4.69) is 10.6 Å². The molecule has 1 aromatic carbocycles. The van der Waals surface area contributed by atoms with Crippen molar-refractivity contribution in [1.29, 1.82) is 0 Å². The monoisotopic (exact) mass is 359 g/mol. The van der Waals surface area contributed by atoms with Crippen LogP contribution in [0.2, 0.25) is 5.02 Å². The number of hydrogen-bond acceptors (Lipinski definition) is 3. The molecule has 1 aliphatic rings. The number of nitrogens with zero attached hydrogens (tertiary/aromatic N) is 1. The standard InChI is InChI=1S/C16H20ClF2N3O2/c17-12-3-1-2-11(8-12)16(24)20-9-15(23)21-13-4-6-22(7-5-13)10-14(18)19/h1-3,8,13-14H,4-7,9-10H2,(H,20,24)(H,21,23). The van der Waals surface area contributed by atoms with Crippen LogP contribution in [0.1, 0.15) is 23.2 Å². The van der Waals surface area contributed by atoms with E-state index in [1.807, 2.05) is 0 Å². The maximum Gasteiger partial charge on any atom is 0.251 e. The third-order valence-corrected chi connectivity index (χ3v) is 4.08. The Bertz CT molecular complexity index is 578. The Kier molecular flexibility index (Phi) is 6.93. The first-order chi connectivity index (χ1) is 11.4. The van der Waals surface area contributed by atoms with E-state index in [0.29, 0.717) is 36.5 Å². The van der Waals surface area contributed by atoms with Crippen molar-refractivity contribution in [1.82, 2.24) is 15.5 Å². The molecule has 0 aromatic heterocycles. The Morgan fingerprint density at radius 1 is 1.29 bits per heavy atom. The zero-order valence-corrected chi connectivity index (χ0v) is 13.9. The van der Waals surface area contributed by atoms with Crippen molar-refractivity contribution >= 4 is 23.4 Å². The Balaban J connectivity index is 1.69. The van der Waals surface area contributed by atoms with Crippen LogP contribution in [0.25, 0.3) is 0 Å². The number of carbonyl (C=O) groups excluding carboxylic acids is 2. The Morgan fingerprint density at radius 2 is 2.00 bits per heavy atom. The van der Waals surface area contributed by atoms with E-state index in [4.69, 9.17) is 11.6 Å². The van der Waals surface area contributed by atoms with Crippen LogP contribution in [0, 0.1) is 0 Å². The van der Waals surface area contributed by atoms with Gasteiger partial charge in [-0.2, -0.15) is 0 Å². The summed E-state index contributed by atoms with van der Waals surface area (Å²) in [6.07, 6.45) is -1.08. The number of piperidine rings is 1. The normalized spacial score (nSPS) is 16.2. The highest BCUT2D eigenvalue weighted by molar-refractivity contribution is 6.30. The predicted molar refractivity (Wildman–Crippen MR) is 87.4 cm³/mol. The highest BCUT2D eigenvalue weighted by Crippen LogP contribution is 2.12. The second-order valence-electron chi connectivity index (χ2n) is 5.73. The summed E-state index contributed by atoms with van der Waals surface area (Å²) in [7, 11) is 0. The quantitative estimate of drug-likeness (QED) is 0.815. The van der Waals surface area contributed by atoms with E-state index in [9.17, 15) is 18.4 Å². The van der Waals surface area contributed by atoms with Crippen LogP contribution in [0.15, 0.2) is 24.3 Å². The fourth-order valence-electron chi connectivity index (χ4n) is 2.63. The summed E-state index contributed by atoms with van der Waals surface area (Å²) in [4.78, 5) is 25.5. The molecule has 1 aliphatic heterocycles. The summed E-state index contributed by atoms with van der Waals surface area (Å²) in [6.45, 7) is 0.702. The first-order valence-corrected chi connectivity index (χ1v) is 8.15. The molecule has 0 spiro atoms. The van der Waals surface area contributed by atoms with Crippen molar-refractivity contribution < 1.29 is 18.4 Å². The molecule has 0 saturated carbocycles. The molecule has 1 saturated heterocycles. The second-order valence-corrected chi connectivity index (χ2v) is 6.16.